The number of para-hydroxylation sites is 1. The van der Waals surface area contributed by atoms with Crippen molar-refractivity contribution >= 4 is 11.4 Å². The Morgan fingerprint density at radius 3 is 1.64 bits per heavy atom. The number of rotatable bonds is 2. The molecule has 4 aliphatic rings. The molecule has 7 aromatic carbocycles. The zero-order valence-corrected chi connectivity index (χ0v) is 34.9. The first-order valence-electron chi connectivity index (χ1n) is 20.8. The highest BCUT2D eigenvalue weighted by molar-refractivity contribution is 5.84. The van der Waals surface area contributed by atoms with Crippen molar-refractivity contribution in [1.82, 2.24) is 0 Å². The standard InChI is InChI=1S/C22H20.C19H17N.C16H16/c1-15-8-10-16(11-9-15)17-12-13-19-18-6-4-5-7-20(18)22(2,3)21(19)14-17;1-14-10-12-15(13-11-14)20-18-8-4-2-6-16(18)17-7-3-5-9-19(17)20;1-11-8-9-15-13(10-11)12-6-4-5-7-14(12)16(15,2)3/h4-14H,1-3H3;2-13,16,18H,1H3;4-10H,1-3H3. The van der Waals surface area contributed by atoms with Crippen molar-refractivity contribution in [2.45, 2.75) is 71.3 Å². The largest absolute Gasteiger partial charge is 0.333 e. The quantitative estimate of drug-likeness (QED) is 0.170. The van der Waals surface area contributed by atoms with Gasteiger partial charge in [0.1, 0.15) is 0 Å². The van der Waals surface area contributed by atoms with Crippen LogP contribution in [0.15, 0.2) is 182 Å². The topological polar surface area (TPSA) is 3.24 Å². The molecule has 286 valence electrons. The van der Waals surface area contributed by atoms with Gasteiger partial charge in [0.2, 0.25) is 0 Å². The zero-order valence-electron chi connectivity index (χ0n) is 34.9. The third-order valence-electron chi connectivity index (χ3n) is 13.0. The molecule has 1 heterocycles. The zero-order chi connectivity index (χ0) is 40.2. The number of benzene rings is 7. The summed E-state index contributed by atoms with van der Waals surface area (Å²) in [4.78, 5) is 2.46. The summed E-state index contributed by atoms with van der Waals surface area (Å²) in [7, 11) is 0. The summed E-state index contributed by atoms with van der Waals surface area (Å²) in [5, 5.41) is 0. The molecule has 1 nitrogen and oxygen atoms in total. The van der Waals surface area contributed by atoms with Gasteiger partial charge in [-0.3, -0.25) is 0 Å². The Balaban J connectivity index is 0.000000114. The van der Waals surface area contributed by atoms with Gasteiger partial charge in [-0.15, -0.1) is 0 Å². The predicted octanol–water partition coefficient (Wildman–Crippen LogP) is 15.0. The van der Waals surface area contributed by atoms with Crippen LogP contribution >= 0.6 is 0 Å². The maximum atomic E-state index is 2.46. The van der Waals surface area contributed by atoms with Crippen LogP contribution in [-0.2, 0) is 10.8 Å². The van der Waals surface area contributed by atoms with Crippen molar-refractivity contribution in [3.05, 3.63) is 227 Å². The summed E-state index contributed by atoms with van der Waals surface area (Å²) in [6.45, 7) is 15.7. The fourth-order valence-corrected chi connectivity index (χ4v) is 9.76. The summed E-state index contributed by atoms with van der Waals surface area (Å²) in [5.41, 5.74) is 22.2. The Morgan fingerprint density at radius 1 is 0.414 bits per heavy atom. The van der Waals surface area contributed by atoms with Gasteiger partial charge in [0.15, 0.2) is 0 Å². The van der Waals surface area contributed by atoms with Gasteiger partial charge in [0, 0.05) is 28.1 Å². The van der Waals surface area contributed by atoms with E-state index < -0.39 is 0 Å². The van der Waals surface area contributed by atoms with Crippen LogP contribution in [0.3, 0.4) is 0 Å². The monoisotopic (exact) mass is 751 g/mol. The molecule has 0 saturated heterocycles. The van der Waals surface area contributed by atoms with Crippen LogP contribution in [0.5, 0.6) is 0 Å². The summed E-state index contributed by atoms with van der Waals surface area (Å²) in [6.07, 6.45) is 8.95. The number of hydrogen-bond acceptors (Lipinski definition) is 1. The van der Waals surface area contributed by atoms with Gasteiger partial charge in [-0.2, -0.15) is 0 Å². The molecule has 2 unspecified atom stereocenters. The fraction of sp³-hybridized carbons (Fsp3) is 0.193. The summed E-state index contributed by atoms with van der Waals surface area (Å²) < 4.78 is 0. The second-order valence-electron chi connectivity index (χ2n) is 17.6. The Labute approximate surface area is 346 Å². The van der Waals surface area contributed by atoms with E-state index in [2.05, 4.69) is 235 Å². The van der Waals surface area contributed by atoms with Crippen molar-refractivity contribution in [3.8, 4) is 33.4 Å². The predicted molar refractivity (Wildman–Crippen MR) is 247 cm³/mol. The lowest BCUT2D eigenvalue weighted by molar-refractivity contribution is 0.660. The van der Waals surface area contributed by atoms with Crippen molar-refractivity contribution in [2.75, 3.05) is 4.90 Å². The van der Waals surface area contributed by atoms with Gasteiger partial charge in [0.05, 0.1) is 6.04 Å². The Hall–Kier alpha value is -6.18. The third kappa shape index (κ3) is 6.44. The van der Waals surface area contributed by atoms with Crippen LogP contribution in [0.4, 0.5) is 11.4 Å². The average molecular weight is 752 g/mol. The lowest BCUT2D eigenvalue weighted by Gasteiger charge is -2.28. The van der Waals surface area contributed by atoms with Gasteiger partial charge < -0.3 is 4.90 Å². The molecule has 0 N–H and O–H groups in total. The van der Waals surface area contributed by atoms with E-state index in [4.69, 9.17) is 0 Å². The average Bonchev–Trinajstić information content (AvgIpc) is 3.79. The molecule has 58 heavy (non-hydrogen) atoms. The Bertz CT molecular complexity index is 2700. The highest BCUT2D eigenvalue weighted by Gasteiger charge is 2.38. The Kier molecular flexibility index (Phi) is 9.44. The highest BCUT2D eigenvalue weighted by Crippen LogP contribution is 2.51. The second kappa shape index (κ2) is 14.6. The molecule has 0 spiro atoms. The van der Waals surface area contributed by atoms with Crippen LogP contribution in [0.1, 0.15) is 78.1 Å². The molecule has 2 atom stereocenters. The molecule has 0 aromatic heterocycles. The first-order valence-corrected chi connectivity index (χ1v) is 20.8. The summed E-state index contributed by atoms with van der Waals surface area (Å²) in [5.74, 6) is 0.470. The lowest BCUT2D eigenvalue weighted by atomic mass is 9.81. The first kappa shape index (κ1) is 37.4. The molecule has 0 fully saturated rings. The van der Waals surface area contributed by atoms with E-state index in [0.29, 0.717) is 12.0 Å². The van der Waals surface area contributed by atoms with Crippen LogP contribution in [0.25, 0.3) is 33.4 Å². The van der Waals surface area contributed by atoms with E-state index >= 15 is 0 Å². The van der Waals surface area contributed by atoms with Crippen molar-refractivity contribution in [3.63, 3.8) is 0 Å². The van der Waals surface area contributed by atoms with E-state index in [0.717, 1.165) is 0 Å². The molecular weight excluding hydrogens is 699 g/mol. The Morgan fingerprint density at radius 2 is 0.931 bits per heavy atom. The van der Waals surface area contributed by atoms with Crippen molar-refractivity contribution in [2.24, 2.45) is 0 Å². The maximum Gasteiger partial charge on any atom is 0.0629 e. The number of allylic oxidation sites excluding steroid dienone is 2. The van der Waals surface area contributed by atoms with Crippen LogP contribution in [-0.4, -0.2) is 6.04 Å². The maximum absolute atomic E-state index is 2.46. The number of fused-ring (bicyclic) bond motifs is 9. The molecule has 0 amide bonds. The van der Waals surface area contributed by atoms with Gasteiger partial charge in [-0.25, -0.2) is 0 Å². The minimum atomic E-state index is 0.0760. The van der Waals surface area contributed by atoms with Crippen LogP contribution in [0.2, 0.25) is 0 Å². The van der Waals surface area contributed by atoms with Gasteiger partial charge >= 0.3 is 0 Å². The van der Waals surface area contributed by atoms with E-state index in [1.807, 2.05) is 0 Å². The number of hydrogen-bond donors (Lipinski definition) is 0. The van der Waals surface area contributed by atoms with Gasteiger partial charge in [0.25, 0.3) is 0 Å². The summed E-state index contributed by atoms with van der Waals surface area (Å²) in [6, 6.07) is 58.1. The molecule has 0 radical (unpaired) electrons. The minimum absolute atomic E-state index is 0.0760. The van der Waals surface area contributed by atoms with E-state index in [1.54, 1.807) is 0 Å². The lowest BCUT2D eigenvalue weighted by Crippen LogP contribution is -2.28. The molecular formula is C57H53N. The van der Waals surface area contributed by atoms with E-state index in [-0.39, 0.29) is 10.8 Å². The molecule has 1 heteroatoms. The molecule has 3 aliphatic carbocycles. The van der Waals surface area contributed by atoms with Gasteiger partial charge in [-0.05, 0) is 106 Å². The van der Waals surface area contributed by atoms with Crippen LogP contribution in [0, 0.1) is 20.8 Å². The minimum Gasteiger partial charge on any atom is -0.333 e. The van der Waals surface area contributed by atoms with Crippen molar-refractivity contribution < 1.29 is 0 Å². The molecule has 0 bridgehead atoms. The normalized spacial score (nSPS) is 17.7. The van der Waals surface area contributed by atoms with Crippen LogP contribution < -0.4 is 4.90 Å². The van der Waals surface area contributed by atoms with E-state index in [1.165, 1.54) is 89.3 Å². The van der Waals surface area contributed by atoms with Crippen molar-refractivity contribution in [1.29, 1.82) is 0 Å². The number of anilines is 2. The molecule has 7 aromatic rings. The third-order valence-corrected chi connectivity index (χ3v) is 13.0. The number of aryl methyl sites for hydroxylation is 3. The molecule has 1 aliphatic heterocycles. The molecule has 0 saturated carbocycles. The second-order valence-corrected chi connectivity index (χ2v) is 17.6. The first-order chi connectivity index (χ1) is 28.0. The fourth-order valence-electron chi connectivity index (χ4n) is 9.76. The SMILES string of the molecule is Cc1ccc(-c2ccc3c(c2)C(C)(C)c2ccccc2-3)cc1.Cc1ccc(N2c3ccccc3C3C=CC=CC32)cc1.Cc1ccc2c(c1)-c1ccccc1C2(C)C. The molecule has 11 rings (SSSR count). The number of nitrogens with zero attached hydrogens (tertiary/aromatic N) is 1. The highest BCUT2D eigenvalue weighted by atomic mass is 15.2. The van der Waals surface area contributed by atoms with E-state index in [9.17, 15) is 0 Å². The smallest absolute Gasteiger partial charge is 0.0629 e. The summed E-state index contributed by atoms with van der Waals surface area (Å²) >= 11 is 0. The van der Waals surface area contributed by atoms with Gasteiger partial charge in [-0.1, -0.05) is 202 Å².